The fourth-order valence-corrected chi connectivity index (χ4v) is 3.65. The van der Waals surface area contributed by atoms with Crippen LogP contribution in [0, 0.1) is 11.3 Å². The fourth-order valence-electron chi connectivity index (χ4n) is 3.65. The van der Waals surface area contributed by atoms with Crippen molar-refractivity contribution < 1.29 is 9.90 Å². The first kappa shape index (κ1) is 14.8. The van der Waals surface area contributed by atoms with Crippen molar-refractivity contribution in [2.24, 2.45) is 11.3 Å². The smallest absolute Gasteiger partial charge is 0.230 e. The van der Waals surface area contributed by atoms with Gasteiger partial charge in [-0.15, -0.1) is 0 Å². The number of carbonyl (C=O) groups is 1. The summed E-state index contributed by atoms with van der Waals surface area (Å²) in [5, 5.41) is 13.0. The van der Waals surface area contributed by atoms with Crippen molar-refractivity contribution in [2.45, 2.75) is 52.1 Å². The predicted octanol–water partition coefficient (Wildman–Crippen LogP) is 1.39. The molecular formula is C15H28N2O2. The van der Waals surface area contributed by atoms with Crippen LogP contribution in [0.2, 0.25) is 0 Å². The highest BCUT2D eigenvalue weighted by atomic mass is 16.3. The third-order valence-corrected chi connectivity index (χ3v) is 4.94. The van der Waals surface area contributed by atoms with Crippen molar-refractivity contribution >= 4 is 5.91 Å². The van der Waals surface area contributed by atoms with Gasteiger partial charge in [-0.1, -0.05) is 13.3 Å². The van der Waals surface area contributed by atoms with Crippen LogP contribution in [0.25, 0.3) is 0 Å². The van der Waals surface area contributed by atoms with Gasteiger partial charge in [-0.2, -0.15) is 0 Å². The molecule has 0 radical (unpaired) electrons. The first-order chi connectivity index (χ1) is 9.09. The van der Waals surface area contributed by atoms with Gasteiger partial charge in [0.2, 0.25) is 5.91 Å². The maximum absolute atomic E-state index is 12.8. The van der Waals surface area contributed by atoms with Crippen LogP contribution in [0.5, 0.6) is 0 Å². The molecule has 2 N–H and O–H groups in total. The van der Waals surface area contributed by atoms with Crippen molar-refractivity contribution in [3.63, 3.8) is 0 Å². The molecular weight excluding hydrogens is 240 g/mol. The van der Waals surface area contributed by atoms with E-state index in [1.54, 1.807) is 0 Å². The summed E-state index contributed by atoms with van der Waals surface area (Å²) in [6.45, 7) is 7.47. The van der Waals surface area contributed by atoms with E-state index >= 15 is 0 Å². The van der Waals surface area contributed by atoms with Crippen molar-refractivity contribution in [3.05, 3.63) is 0 Å². The Morgan fingerprint density at radius 2 is 2.16 bits per heavy atom. The van der Waals surface area contributed by atoms with Crippen LogP contribution in [0.3, 0.4) is 0 Å². The standard InChI is InChI=1S/C15H28N2O2/c1-3-6-15(7-8-16-11-15)14(19)17-9-4-13(5-10-17)12(2)18/h12-13,16,18H,3-11H2,1-2H3. The SMILES string of the molecule is CCCC1(C(=O)N2CCC(C(C)O)CC2)CCNC1. The molecule has 0 bridgehead atoms. The molecule has 2 heterocycles. The summed E-state index contributed by atoms with van der Waals surface area (Å²) in [7, 11) is 0. The summed E-state index contributed by atoms with van der Waals surface area (Å²) in [4.78, 5) is 14.9. The molecule has 2 saturated heterocycles. The molecule has 0 aliphatic carbocycles. The van der Waals surface area contributed by atoms with Crippen LogP contribution in [-0.4, -0.2) is 48.2 Å². The number of rotatable bonds is 4. The topological polar surface area (TPSA) is 52.6 Å². The number of hydrogen-bond acceptors (Lipinski definition) is 3. The highest BCUT2D eigenvalue weighted by Gasteiger charge is 2.43. The van der Waals surface area contributed by atoms with E-state index in [4.69, 9.17) is 0 Å². The molecule has 2 aliphatic rings. The summed E-state index contributed by atoms with van der Waals surface area (Å²) in [6, 6.07) is 0. The van der Waals surface area contributed by atoms with Gasteiger partial charge in [0.25, 0.3) is 0 Å². The molecule has 0 saturated carbocycles. The van der Waals surface area contributed by atoms with Crippen LogP contribution in [0.4, 0.5) is 0 Å². The number of likely N-dealkylation sites (tertiary alicyclic amines) is 1. The van der Waals surface area contributed by atoms with Gasteiger partial charge >= 0.3 is 0 Å². The molecule has 1 amide bonds. The van der Waals surface area contributed by atoms with Crippen molar-refractivity contribution in [3.8, 4) is 0 Å². The highest BCUT2D eigenvalue weighted by Crippen LogP contribution is 2.35. The number of nitrogens with zero attached hydrogens (tertiary/aromatic N) is 1. The van der Waals surface area contributed by atoms with Crippen molar-refractivity contribution in [1.29, 1.82) is 0 Å². The highest BCUT2D eigenvalue weighted by molar-refractivity contribution is 5.83. The quantitative estimate of drug-likeness (QED) is 0.810. The van der Waals surface area contributed by atoms with Crippen LogP contribution >= 0.6 is 0 Å². The van der Waals surface area contributed by atoms with E-state index < -0.39 is 0 Å². The Morgan fingerprint density at radius 3 is 2.63 bits per heavy atom. The second-order valence-electron chi connectivity index (χ2n) is 6.33. The number of aliphatic hydroxyl groups excluding tert-OH is 1. The second-order valence-corrected chi connectivity index (χ2v) is 6.33. The van der Waals surface area contributed by atoms with Gasteiger partial charge in [0.1, 0.15) is 0 Å². The van der Waals surface area contributed by atoms with Crippen LogP contribution in [-0.2, 0) is 4.79 Å². The van der Waals surface area contributed by atoms with Gasteiger partial charge in [-0.05, 0) is 45.1 Å². The molecule has 2 fully saturated rings. The van der Waals surface area contributed by atoms with Gasteiger partial charge in [0.05, 0.1) is 11.5 Å². The summed E-state index contributed by atoms with van der Waals surface area (Å²) in [5.41, 5.74) is -0.146. The van der Waals surface area contributed by atoms with E-state index in [0.29, 0.717) is 11.8 Å². The average Bonchev–Trinajstić information content (AvgIpc) is 2.88. The lowest BCUT2D eigenvalue weighted by atomic mass is 9.80. The summed E-state index contributed by atoms with van der Waals surface area (Å²) in [5.74, 6) is 0.719. The molecule has 4 heteroatoms. The molecule has 2 unspecified atom stereocenters. The molecule has 0 aromatic carbocycles. The van der Waals surface area contributed by atoms with E-state index in [2.05, 4.69) is 12.2 Å². The van der Waals surface area contributed by atoms with Gasteiger partial charge in [0.15, 0.2) is 0 Å². The van der Waals surface area contributed by atoms with E-state index in [-0.39, 0.29) is 11.5 Å². The van der Waals surface area contributed by atoms with E-state index in [1.807, 2.05) is 11.8 Å². The average molecular weight is 268 g/mol. The number of amides is 1. The molecule has 110 valence electrons. The molecule has 0 spiro atoms. The molecule has 0 aromatic rings. The number of piperidine rings is 1. The third kappa shape index (κ3) is 3.11. The van der Waals surface area contributed by atoms with E-state index in [1.165, 1.54) is 0 Å². The molecule has 0 aromatic heterocycles. The minimum Gasteiger partial charge on any atom is -0.393 e. The maximum Gasteiger partial charge on any atom is 0.230 e. The first-order valence-electron chi connectivity index (χ1n) is 7.77. The minimum absolute atomic E-state index is 0.146. The summed E-state index contributed by atoms with van der Waals surface area (Å²) < 4.78 is 0. The fraction of sp³-hybridized carbons (Fsp3) is 0.933. The Morgan fingerprint density at radius 1 is 1.47 bits per heavy atom. The molecule has 2 atom stereocenters. The zero-order chi connectivity index (χ0) is 13.9. The van der Waals surface area contributed by atoms with E-state index in [9.17, 15) is 9.90 Å². The Kier molecular flexibility index (Phi) is 4.85. The molecule has 2 rings (SSSR count). The van der Waals surface area contributed by atoms with Crippen molar-refractivity contribution in [1.82, 2.24) is 10.2 Å². The molecule has 4 nitrogen and oxygen atoms in total. The predicted molar refractivity (Wildman–Crippen MR) is 75.8 cm³/mol. The Hall–Kier alpha value is -0.610. The van der Waals surface area contributed by atoms with Crippen molar-refractivity contribution in [2.75, 3.05) is 26.2 Å². The maximum atomic E-state index is 12.8. The lowest BCUT2D eigenvalue weighted by Crippen LogP contribution is -2.49. The summed E-state index contributed by atoms with van der Waals surface area (Å²) >= 11 is 0. The number of hydrogen-bond donors (Lipinski definition) is 2. The number of aliphatic hydroxyl groups is 1. The van der Waals surface area contributed by atoms with E-state index in [0.717, 1.165) is 58.3 Å². The summed E-state index contributed by atoms with van der Waals surface area (Å²) in [6.07, 6.45) is 4.69. The van der Waals surface area contributed by atoms with Crippen LogP contribution < -0.4 is 5.32 Å². The molecule has 19 heavy (non-hydrogen) atoms. The van der Waals surface area contributed by atoms with Gasteiger partial charge in [0, 0.05) is 19.6 Å². The van der Waals surface area contributed by atoms with Crippen LogP contribution in [0.1, 0.15) is 46.0 Å². The Labute approximate surface area is 116 Å². The van der Waals surface area contributed by atoms with Gasteiger partial charge in [-0.25, -0.2) is 0 Å². The number of carbonyl (C=O) groups excluding carboxylic acids is 1. The Balaban J connectivity index is 1.96. The second kappa shape index (κ2) is 6.23. The normalized spacial score (nSPS) is 30.6. The largest absolute Gasteiger partial charge is 0.393 e. The van der Waals surface area contributed by atoms with Gasteiger partial charge in [-0.3, -0.25) is 4.79 Å². The molecule has 2 aliphatic heterocycles. The third-order valence-electron chi connectivity index (χ3n) is 4.94. The minimum atomic E-state index is -0.241. The monoisotopic (exact) mass is 268 g/mol. The van der Waals surface area contributed by atoms with Gasteiger partial charge < -0.3 is 15.3 Å². The first-order valence-corrected chi connectivity index (χ1v) is 7.77. The zero-order valence-electron chi connectivity index (χ0n) is 12.3. The Bertz CT molecular complexity index is 303. The lowest BCUT2D eigenvalue weighted by Gasteiger charge is -2.38. The zero-order valence-corrected chi connectivity index (χ0v) is 12.3. The van der Waals surface area contributed by atoms with Crippen LogP contribution in [0.15, 0.2) is 0 Å². The lowest BCUT2D eigenvalue weighted by molar-refractivity contribution is -0.143. The number of nitrogens with one attached hydrogen (secondary N) is 1.